The van der Waals surface area contributed by atoms with Crippen molar-refractivity contribution in [2.45, 2.75) is 19.0 Å². The number of amides is 2. The van der Waals surface area contributed by atoms with Gasteiger partial charge in [0.1, 0.15) is 0 Å². The molecule has 3 rings (SSSR count). The molecule has 2 amide bonds. The van der Waals surface area contributed by atoms with E-state index in [1.54, 1.807) is 38.5 Å². The van der Waals surface area contributed by atoms with Crippen LogP contribution in [0.25, 0.3) is 0 Å². The van der Waals surface area contributed by atoms with Crippen LogP contribution in [0.5, 0.6) is 11.5 Å². The highest BCUT2D eigenvalue weighted by Crippen LogP contribution is 2.29. The van der Waals surface area contributed by atoms with Crippen LogP contribution in [0.3, 0.4) is 0 Å². The van der Waals surface area contributed by atoms with E-state index in [-0.39, 0.29) is 18.2 Å². The Morgan fingerprint density at radius 1 is 1.16 bits per heavy atom. The van der Waals surface area contributed by atoms with Gasteiger partial charge >= 0.3 is 6.09 Å². The minimum absolute atomic E-state index is 0.159. The highest BCUT2D eigenvalue weighted by molar-refractivity contribution is 6.04. The van der Waals surface area contributed by atoms with Gasteiger partial charge in [0.25, 0.3) is 5.91 Å². The van der Waals surface area contributed by atoms with Gasteiger partial charge in [-0.2, -0.15) is 5.26 Å². The van der Waals surface area contributed by atoms with Crippen molar-refractivity contribution in [1.82, 2.24) is 10.6 Å². The van der Waals surface area contributed by atoms with Crippen molar-refractivity contribution in [1.29, 1.82) is 5.26 Å². The molecule has 2 aromatic carbocycles. The molecule has 1 atom stereocenters. The number of hydrogen-bond donors (Lipinski definition) is 2. The standard InChI is InChI=1S/C23H26N4O5/c1-30-20-7-5-16(11-21(20)31-2)13-26-22(28)18-10-15(12-24)4-6-19(18)27(23(29)32-3)17-8-9-25-14-17/h4-7,10-11,17,25H,8-9,13-14H2,1-3H3,(H,26,28)/t17-/m0/s1. The fourth-order valence-corrected chi connectivity index (χ4v) is 3.67. The number of nitriles is 1. The van der Waals surface area contributed by atoms with E-state index in [1.807, 2.05) is 12.1 Å². The Bertz CT molecular complexity index is 1030. The molecule has 1 fully saturated rings. The summed E-state index contributed by atoms with van der Waals surface area (Å²) in [5, 5.41) is 15.4. The number of nitrogens with one attached hydrogen (secondary N) is 2. The third kappa shape index (κ3) is 4.92. The molecule has 1 aliphatic rings. The first-order valence-electron chi connectivity index (χ1n) is 10.1. The fraction of sp³-hybridized carbons (Fsp3) is 0.348. The molecule has 0 unspecified atom stereocenters. The van der Waals surface area contributed by atoms with Crippen LogP contribution in [0.2, 0.25) is 0 Å². The Balaban J connectivity index is 1.89. The minimum atomic E-state index is -0.558. The highest BCUT2D eigenvalue weighted by atomic mass is 16.5. The minimum Gasteiger partial charge on any atom is -0.493 e. The van der Waals surface area contributed by atoms with Crippen LogP contribution in [0.4, 0.5) is 10.5 Å². The van der Waals surface area contributed by atoms with Crippen molar-refractivity contribution in [2.75, 3.05) is 39.3 Å². The Labute approximate surface area is 186 Å². The van der Waals surface area contributed by atoms with Crippen LogP contribution in [0.15, 0.2) is 36.4 Å². The Morgan fingerprint density at radius 3 is 2.56 bits per heavy atom. The van der Waals surface area contributed by atoms with Crippen molar-refractivity contribution in [3.63, 3.8) is 0 Å². The second-order valence-electron chi connectivity index (χ2n) is 7.20. The Morgan fingerprint density at radius 2 is 1.94 bits per heavy atom. The number of carbonyl (C=O) groups excluding carboxylic acids is 2. The van der Waals surface area contributed by atoms with E-state index >= 15 is 0 Å². The lowest BCUT2D eigenvalue weighted by molar-refractivity contribution is 0.0951. The molecule has 2 N–H and O–H groups in total. The maximum Gasteiger partial charge on any atom is 0.414 e. The summed E-state index contributed by atoms with van der Waals surface area (Å²) >= 11 is 0. The zero-order chi connectivity index (χ0) is 23.1. The molecule has 168 valence electrons. The molecule has 9 heteroatoms. The van der Waals surface area contributed by atoms with Crippen molar-refractivity contribution in [2.24, 2.45) is 0 Å². The maximum absolute atomic E-state index is 13.1. The molecule has 1 saturated heterocycles. The number of carbonyl (C=O) groups is 2. The summed E-state index contributed by atoms with van der Waals surface area (Å²) in [6.07, 6.45) is 0.166. The number of hydrogen-bond acceptors (Lipinski definition) is 7. The third-order valence-electron chi connectivity index (χ3n) is 5.30. The molecular formula is C23H26N4O5. The van der Waals surface area contributed by atoms with Crippen LogP contribution >= 0.6 is 0 Å². The molecule has 0 saturated carbocycles. The van der Waals surface area contributed by atoms with Crippen LogP contribution in [0.1, 0.15) is 27.9 Å². The molecule has 0 aromatic heterocycles. The Hall–Kier alpha value is -3.77. The Kier molecular flexibility index (Phi) is 7.52. The van der Waals surface area contributed by atoms with E-state index in [1.165, 1.54) is 18.1 Å². The van der Waals surface area contributed by atoms with Gasteiger partial charge in [0.15, 0.2) is 11.5 Å². The molecule has 1 heterocycles. The van der Waals surface area contributed by atoms with Crippen molar-refractivity contribution < 1.29 is 23.8 Å². The summed E-state index contributed by atoms with van der Waals surface area (Å²) in [5.41, 5.74) is 1.74. The quantitative estimate of drug-likeness (QED) is 0.683. The lowest BCUT2D eigenvalue weighted by atomic mass is 10.1. The van der Waals surface area contributed by atoms with Gasteiger partial charge < -0.3 is 24.8 Å². The zero-order valence-corrected chi connectivity index (χ0v) is 18.3. The van der Waals surface area contributed by atoms with Gasteiger partial charge in [0, 0.05) is 13.1 Å². The summed E-state index contributed by atoms with van der Waals surface area (Å²) in [5.74, 6) is 0.731. The number of ether oxygens (including phenoxy) is 3. The average Bonchev–Trinajstić information content (AvgIpc) is 3.36. The van der Waals surface area contributed by atoms with Gasteiger partial charge in [-0.05, 0) is 48.9 Å². The normalized spacial score (nSPS) is 14.9. The first-order valence-corrected chi connectivity index (χ1v) is 10.1. The van der Waals surface area contributed by atoms with Gasteiger partial charge in [-0.1, -0.05) is 6.07 Å². The van der Waals surface area contributed by atoms with Crippen molar-refractivity contribution in [3.05, 3.63) is 53.1 Å². The molecule has 2 aromatic rings. The van der Waals surface area contributed by atoms with E-state index in [0.717, 1.165) is 18.5 Å². The van der Waals surface area contributed by atoms with Crippen LogP contribution in [-0.2, 0) is 11.3 Å². The van der Waals surface area contributed by atoms with Gasteiger partial charge in [-0.3, -0.25) is 9.69 Å². The number of methoxy groups -OCH3 is 3. The lowest BCUT2D eigenvalue weighted by Gasteiger charge is -2.29. The summed E-state index contributed by atoms with van der Waals surface area (Å²) in [6, 6.07) is 11.9. The number of rotatable bonds is 7. The highest BCUT2D eigenvalue weighted by Gasteiger charge is 2.31. The van der Waals surface area contributed by atoms with Crippen LogP contribution < -0.4 is 25.0 Å². The molecule has 9 nitrogen and oxygen atoms in total. The molecule has 0 bridgehead atoms. The molecular weight excluding hydrogens is 412 g/mol. The molecule has 0 radical (unpaired) electrons. The third-order valence-corrected chi connectivity index (χ3v) is 5.30. The van der Waals surface area contributed by atoms with Gasteiger partial charge in [0.05, 0.1) is 50.3 Å². The van der Waals surface area contributed by atoms with Gasteiger partial charge in [-0.15, -0.1) is 0 Å². The zero-order valence-electron chi connectivity index (χ0n) is 18.3. The van der Waals surface area contributed by atoms with Crippen molar-refractivity contribution >= 4 is 17.7 Å². The van der Waals surface area contributed by atoms with E-state index in [2.05, 4.69) is 10.6 Å². The first-order chi connectivity index (χ1) is 15.5. The predicted molar refractivity (Wildman–Crippen MR) is 118 cm³/mol. The number of anilines is 1. The average molecular weight is 438 g/mol. The van der Waals surface area contributed by atoms with Crippen LogP contribution in [0, 0.1) is 11.3 Å². The largest absolute Gasteiger partial charge is 0.493 e. The second-order valence-corrected chi connectivity index (χ2v) is 7.20. The van der Waals surface area contributed by atoms with E-state index in [9.17, 15) is 14.9 Å². The number of nitrogens with zero attached hydrogens (tertiary/aromatic N) is 2. The molecule has 0 aliphatic carbocycles. The van der Waals surface area contributed by atoms with Crippen LogP contribution in [-0.4, -0.2) is 52.5 Å². The number of benzene rings is 2. The molecule has 32 heavy (non-hydrogen) atoms. The van der Waals surface area contributed by atoms with Crippen molar-refractivity contribution in [3.8, 4) is 17.6 Å². The second kappa shape index (κ2) is 10.5. The first kappa shape index (κ1) is 22.9. The fourth-order valence-electron chi connectivity index (χ4n) is 3.67. The summed E-state index contributed by atoms with van der Waals surface area (Å²) in [7, 11) is 4.40. The van der Waals surface area contributed by atoms with Gasteiger partial charge in [-0.25, -0.2) is 4.79 Å². The van der Waals surface area contributed by atoms with E-state index < -0.39 is 12.0 Å². The summed E-state index contributed by atoms with van der Waals surface area (Å²) < 4.78 is 15.5. The summed E-state index contributed by atoms with van der Waals surface area (Å²) in [6.45, 7) is 1.57. The summed E-state index contributed by atoms with van der Waals surface area (Å²) in [4.78, 5) is 27.2. The molecule has 1 aliphatic heterocycles. The topological polar surface area (TPSA) is 113 Å². The van der Waals surface area contributed by atoms with E-state index in [0.29, 0.717) is 29.3 Å². The molecule has 0 spiro atoms. The monoisotopic (exact) mass is 438 g/mol. The van der Waals surface area contributed by atoms with E-state index in [4.69, 9.17) is 14.2 Å². The SMILES string of the molecule is COC(=O)N(c1ccc(C#N)cc1C(=O)NCc1ccc(OC)c(OC)c1)[C@H]1CCNC1. The predicted octanol–water partition coefficient (Wildman–Crippen LogP) is 2.44. The smallest absolute Gasteiger partial charge is 0.414 e. The lowest BCUT2D eigenvalue weighted by Crippen LogP contribution is -2.43. The van der Waals surface area contributed by atoms with Gasteiger partial charge in [0.2, 0.25) is 0 Å². The maximum atomic E-state index is 13.1.